The Morgan fingerprint density at radius 3 is 2.72 bits per heavy atom. The Morgan fingerprint density at radius 2 is 2.11 bits per heavy atom. The Morgan fingerprint density at radius 1 is 1.39 bits per heavy atom. The molecule has 7 heteroatoms. The Bertz CT molecular complexity index is 552. The Balaban J connectivity index is 1.88. The summed E-state index contributed by atoms with van der Waals surface area (Å²) in [6.07, 6.45) is 0. The molecule has 2 heterocycles. The van der Waals surface area contributed by atoms with E-state index in [1.807, 2.05) is 0 Å². The first-order valence-electron chi connectivity index (χ1n) is 5.53. The molecular formula is C11H10N4O3. The van der Waals surface area contributed by atoms with Crippen molar-refractivity contribution in [2.45, 2.75) is 0 Å². The molecule has 3 rings (SSSR count). The van der Waals surface area contributed by atoms with Gasteiger partial charge >= 0.3 is 0 Å². The summed E-state index contributed by atoms with van der Waals surface area (Å²) in [5.41, 5.74) is 4.04. The average molecular weight is 246 g/mol. The summed E-state index contributed by atoms with van der Waals surface area (Å²) in [6, 6.07) is 5.98. The van der Waals surface area contributed by atoms with Crippen LogP contribution in [-0.2, 0) is 4.79 Å². The molecule has 1 amide bonds. The number of anilines is 1. The number of rotatable bonds is 2. The van der Waals surface area contributed by atoms with Crippen LogP contribution < -0.4 is 10.3 Å². The molecule has 1 fully saturated rings. The van der Waals surface area contributed by atoms with Gasteiger partial charge in [0.05, 0.1) is 4.92 Å². The molecule has 92 valence electrons. The largest absolute Gasteiger partial charge is 0.309 e. The molecule has 0 radical (unpaired) electrons. The number of non-ortho nitro benzene ring substituents is 1. The normalized spacial score (nSPS) is 21.6. The third-order valence-corrected chi connectivity index (χ3v) is 3.16. The van der Waals surface area contributed by atoms with Crippen molar-refractivity contribution in [2.75, 3.05) is 18.0 Å². The second-order valence-corrected chi connectivity index (χ2v) is 4.25. The minimum Gasteiger partial charge on any atom is -0.309 e. The number of hydrogen-bond donors (Lipinski definition) is 1. The maximum Gasteiger partial charge on any atom is 0.274 e. The van der Waals surface area contributed by atoms with Crippen LogP contribution in [0.5, 0.6) is 0 Å². The summed E-state index contributed by atoms with van der Waals surface area (Å²) in [4.78, 5) is 23.7. The number of nitrogens with one attached hydrogen (secondary N) is 1. The molecule has 1 unspecified atom stereocenters. The average Bonchev–Trinajstić information content (AvgIpc) is 2.93. The molecule has 2 aliphatic heterocycles. The van der Waals surface area contributed by atoms with Gasteiger partial charge in [0, 0.05) is 36.8 Å². The van der Waals surface area contributed by atoms with Gasteiger partial charge in [-0.1, -0.05) is 0 Å². The molecule has 1 aromatic carbocycles. The Hall–Kier alpha value is -2.44. The minimum atomic E-state index is -0.460. The molecule has 1 N–H and O–H groups in total. The van der Waals surface area contributed by atoms with E-state index in [4.69, 9.17) is 0 Å². The molecule has 18 heavy (non-hydrogen) atoms. The topological polar surface area (TPSA) is 87.8 Å². The third kappa shape index (κ3) is 1.52. The van der Waals surface area contributed by atoms with Crippen LogP contribution in [0.3, 0.4) is 0 Å². The standard InChI is InChI=1S/C11H10N4O3/c16-11-10-7(5-12-13-10)6-14(11)8-1-3-9(4-2-8)15(17)18/h1-4,7,12H,5-6H2. The molecule has 7 nitrogen and oxygen atoms in total. The van der Waals surface area contributed by atoms with Gasteiger partial charge in [0.2, 0.25) is 0 Å². The molecule has 0 bridgehead atoms. The van der Waals surface area contributed by atoms with Gasteiger partial charge < -0.3 is 10.3 Å². The van der Waals surface area contributed by atoms with Crippen molar-refractivity contribution in [2.24, 2.45) is 11.0 Å². The van der Waals surface area contributed by atoms with E-state index in [0.29, 0.717) is 24.5 Å². The van der Waals surface area contributed by atoms with E-state index in [1.54, 1.807) is 17.0 Å². The van der Waals surface area contributed by atoms with E-state index in [9.17, 15) is 14.9 Å². The molecule has 0 aliphatic carbocycles. The minimum absolute atomic E-state index is 0.0181. The zero-order chi connectivity index (χ0) is 12.7. The Kier molecular flexibility index (Phi) is 2.26. The predicted octanol–water partition coefficient (Wildman–Crippen LogP) is 0.517. The lowest BCUT2D eigenvalue weighted by Crippen LogP contribution is -2.28. The van der Waals surface area contributed by atoms with Gasteiger partial charge in [0.1, 0.15) is 5.71 Å². The van der Waals surface area contributed by atoms with Gasteiger partial charge in [0.25, 0.3) is 11.6 Å². The van der Waals surface area contributed by atoms with Crippen molar-refractivity contribution in [1.29, 1.82) is 0 Å². The fourth-order valence-electron chi connectivity index (χ4n) is 2.22. The van der Waals surface area contributed by atoms with Crippen LogP contribution in [0.1, 0.15) is 0 Å². The second kappa shape index (κ2) is 3.80. The number of carbonyl (C=O) groups excluding carboxylic acids is 1. The SMILES string of the molecule is O=C1C2=NNCC2CN1c1ccc([N+](=O)[O-])cc1. The molecular weight excluding hydrogens is 236 g/mol. The molecule has 1 atom stereocenters. The van der Waals surface area contributed by atoms with Crippen molar-refractivity contribution < 1.29 is 9.72 Å². The predicted molar refractivity (Wildman–Crippen MR) is 64.4 cm³/mol. The van der Waals surface area contributed by atoms with Gasteiger partial charge in [-0.05, 0) is 12.1 Å². The van der Waals surface area contributed by atoms with Crippen LogP contribution in [0.15, 0.2) is 29.4 Å². The van der Waals surface area contributed by atoms with Crippen molar-refractivity contribution in [1.82, 2.24) is 5.43 Å². The lowest BCUT2D eigenvalue weighted by atomic mass is 10.1. The highest BCUT2D eigenvalue weighted by Crippen LogP contribution is 2.26. The molecule has 1 aromatic rings. The summed E-state index contributed by atoms with van der Waals surface area (Å²) in [5, 5.41) is 14.5. The summed E-state index contributed by atoms with van der Waals surface area (Å²) in [7, 11) is 0. The van der Waals surface area contributed by atoms with Crippen LogP contribution in [0.25, 0.3) is 0 Å². The first kappa shape index (κ1) is 10.7. The van der Waals surface area contributed by atoms with Crippen LogP contribution in [0, 0.1) is 16.0 Å². The third-order valence-electron chi connectivity index (χ3n) is 3.16. The van der Waals surface area contributed by atoms with E-state index < -0.39 is 4.92 Å². The van der Waals surface area contributed by atoms with Crippen molar-refractivity contribution >= 4 is 23.0 Å². The molecule has 2 aliphatic rings. The number of carbonyl (C=O) groups is 1. The number of hydrogen-bond acceptors (Lipinski definition) is 5. The van der Waals surface area contributed by atoms with E-state index in [2.05, 4.69) is 10.5 Å². The lowest BCUT2D eigenvalue weighted by molar-refractivity contribution is -0.384. The fraction of sp³-hybridized carbons (Fsp3) is 0.273. The van der Waals surface area contributed by atoms with Crippen molar-refractivity contribution in [3.63, 3.8) is 0 Å². The molecule has 0 saturated carbocycles. The van der Waals surface area contributed by atoms with Crippen molar-refractivity contribution in [3.8, 4) is 0 Å². The van der Waals surface area contributed by atoms with Crippen LogP contribution in [0.4, 0.5) is 11.4 Å². The lowest BCUT2D eigenvalue weighted by Gasteiger charge is -2.15. The first-order valence-corrected chi connectivity index (χ1v) is 5.53. The smallest absolute Gasteiger partial charge is 0.274 e. The highest BCUT2D eigenvalue weighted by atomic mass is 16.6. The monoisotopic (exact) mass is 246 g/mol. The van der Waals surface area contributed by atoms with Crippen LogP contribution in [0.2, 0.25) is 0 Å². The molecule has 1 saturated heterocycles. The maximum absolute atomic E-state index is 12.0. The van der Waals surface area contributed by atoms with Crippen LogP contribution in [-0.4, -0.2) is 29.6 Å². The summed E-state index contributed by atoms with van der Waals surface area (Å²) in [6.45, 7) is 1.24. The number of nitrogens with zero attached hydrogens (tertiary/aromatic N) is 3. The highest BCUT2D eigenvalue weighted by molar-refractivity contribution is 6.47. The quantitative estimate of drug-likeness (QED) is 0.608. The molecule has 0 spiro atoms. The zero-order valence-corrected chi connectivity index (χ0v) is 9.37. The van der Waals surface area contributed by atoms with Gasteiger partial charge in [-0.15, -0.1) is 0 Å². The second-order valence-electron chi connectivity index (χ2n) is 4.25. The fourth-order valence-corrected chi connectivity index (χ4v) is 2.22. The van der Waals surface area contributed by atoms with E-state index >= 15 is 0 Å². The van der Waals surface area contributed by atoms with E-state index in [1.165, 1.54) is 12.1 Å². The number of nitro groups is 1. The van der Waals surface area contributed by atoms with Gasteiger partial charge in [0.15, 0.2) is 0 Å². The van der Waals surface area contributed by atoms with Gasteiger partial charge in [-0.25, -0.2) is 0 Å². The number of nitro benzene ring substituents is 1. The van der Waals surface area contributed by atoms with Gasteiger partial charge in [-0.3, -0.25) is 14.9 Å². The number of benzene rings is 1. The maximum atomic E-state index is 12.0. The number of fused-ring (bicyclic) bond motifs is 1. The first-order chi connectivity index (χ1) is 8.66. The van der Waals surface area contributed by atoms with Crippen molar-refractivity contribution in [3.05, 3.63) is 34.4 Å². The highest BCUT2D eigenvalue weighted by Gasteiger charge is 2.40. The van der Waals surface area contributed by atoms with Crippen LogP contribution >= 0.6 is 0 Å². The summed E-state index contributed by atoms with van der Waals surface area (Å²) >= 11 is 0. The molecule has 0 aromatic heterocycles. The zero-order valence-electron chi connectivity index (χ0n) is 9.37. The van der Waals surface area contributed by atoms with E-state index in [0.717, 1.165) is 0 Å². The van der Waals surface area contributed by atoms with Gasteiger partial charge in [-0.2, -0.15) is 5.10 Å². The number of hydrazone groups is 1. The number of amides is 1. The Labute approximate surface area is 102 Å². The summed E-state index contributed by atoms with van der Waals surface area (Å²) in [5.74, 6) is -0.00783. The summed E-state index contributed by atoms with van der Waals surface area (Å²) < 4.78 is 0. The van der Waals surface area contributed by atoms with E-state index in [-0.39, 0.29) is 17.5 Å².